The number of hydrogen-bond acceptors (Lipinski definition) is 6. The number of aromatic amines is 1. The second-order valence-corrected chi connectivity index (χ2v) is 5.43. The van der Waals surface area contributed by atoms with Gasteiger partial charge in [-0.1, -0.05) is 24.3 Å². The SMILES string of the molecule is Cc1n[nH]c(=O)nc1N/N=C\c1cccc(OCc2ccc(F)cc2)c1. The molecule has 26 heavy (non-hydrogen) atoms. The van der Waals surface area contributed by atoms with Crippen LogP contribution < -0.4 is 15.9 Å². The summed E-state index contributed by atoms with van der Waals surface area (Å²) in [7, 11) is 0. The first kappa shape index (κ1) is 17.3. The van der Waals surface area contributed by atoms with Crippen molar-refractivity contribution < 1.29 is 9.13 Å². The number of nitrogens with zero attached hydrogens (tertiary/aromatic N) is 3. The number of rotatable bonds is 6. The second-order valence-electron chi connectivity index (χ2n) is 5.43. The highest BCUT2D eigenvalue weighted by Gasteiger charge is 2.01. The van der Waals surface area contributed by atoms with E-state index in [1.54, 1.807) is 25.3 Å². The predicted octanol–water partition coefficient (Wildman–Crippen LogP) is 2.64. The predicted molar refractivity (Wildman–Crippen MR) is 95.8 cm³/mol. The van der Waals surface area contributed by atoms with Crippen molar-refractivity contribution in [2.24, 2.45) is 5.10 Å². The van der Waals surface area contributed by atoms with E-state index in [1.165, 1.54) is 12.1 Å². The lowest BCUT2D eigenvalue weighted by Gasteiger charge is -2.07. The number of aryl methyl sites for hydroxylation is 1. The molecule has 132 valence electrons. The van der Waals surface area contributed by atoms with E-state index in [9.17, 15) is 9.18 Å². The summed E-state index contributed by atoms with van der Waals surface area (Å²) >= 11 is 0. The molecule has 0 aliphatic carbocycles. The molecule has 0 spiro atoms. The molecule has 2 N–H and O–H groups in total. The summed E-state index contributed by atoms with van der Waals surface area (Å²) in [6.45, 7) is 2.03. The number of hydrazone groups is 1. The second kappa shape index (κ2) is 8.02. The molecule has 0 aliphatic rings. The quantitative estimate of drug-likeness (QED) is 0.525. The van der Waals surface area contributed by atoms with E-state index in [-0.39, 0.29) is 11.6 Å². The number of hydrogen-bond donors (Lipinski definition) is 2. The Morgan fingerprint density at radius 3 is 2.88 bits per heavy atom. The van der Waals surface area contributed by atoms with Crippen LogP contribution >= 0.6 is 0 Å². The van der Waals surface area contributed by atoms with Gasteiger partial charge in [0.2, 0.25) is 0 Å². The minimum absolute atomic E-state index is 0.278. The molecule has 3 aromatic rings. The molecular weight excluding hydrogens is 337 g/mol. The van der Waals surface area contributed by atoms with E-state index in [2.05, 4.69) is 25.7 Å². The maximum absolute atomic E-state index is 12.9. The van der Waals surface area contributed by atoms with Crippen LogP contribution in [0.5, 0.6) is 5.75 Å². The lowest BCUT2D eigenvalue weighted by atomic mass is 10.2. The fourth-order valence-electron chi connectivity index (χ4n) is 2.10. The van der Waals surface area contributed by atoms with Crippen molar-refractivity contribution in [1.29, 1.82) is 0 Å². The van der Waals surface area contributed by atoms with Gasteiger partial charge in [0.25, 0.3) is 0 Å². The Hall–Kier alpha value is -3.55. The fraction of sp³-hybridized carbons (Fsp3) is 0.111. The number of nitrogens with one attached hydrogen (secondary N) is 2. The number of aromatic nitrogens is 3. The maximum Gasteiger partial charge on any atom is 0.363 e. The first-order valence-corrected chi connectivity index (χ1v) is 7.80. The van der Waals surface area contributed by atoms with Crippen LogP contribution in [0.15, 0.2) is 58.4 Å². The van der Waals surface area contributed by atoms with Gasteiger partial charge in [0.05, 0.1) is 6.21 Å². The summed E-state index contributed by atoms with van der Waals surface area (Å²) < 4.78 is 18.6. The van der Waals surface area contributed by atoms with Crippen LogP contribution in [-0.2, 0) is 6.61 Å². The summed E-state index contributed by atoms with van der Waals surface area (Å²) in [6.07, 6.45) is 1.58. The van der Waals surface area contributed by atoms with Crippen molar-refractivity contribution >= 4 is 12.0 Å². The van der Waals surface area contributed by atoms with E-state index in [0.29, 0.717) is 18.1 Å². The van der Waals surface area contributed by atoms with Gasteiger partial charge in [-0.15, -0.1) is 0 Å². The van der Waals surface area contributed by atoms with Crippen LogP contribution in [0.1, 0.15) is 16.8 Å². The number of halogens is 1. The van der Waals surface area contributed by atoms with Crippen molar-refractivity contribution in [2.75, 3.05) is 5.43 Å². The molecule has 0 saturated heterocycles. The molecule has 0 amide bonds. The van der Waals surface area contributed by atoms with E-state index in [0.717, 1.165) is 11.1 Å². The average Bonchev–Trinajstić information content (AvgIpc) is 2.64. The standard InChI is InChI=1S/C18H16FN5O2/c1-12-17(21-18(25)24-22-12)23-20-10-14-3-2-4-16(9-14)26-11-13-5-7-15(19)8-6-13/h2-10H,11H2,1H3,(H2,21,23,24,25)/b20-10-. The minimum Gasteiger partial charge on any atom is -0.489 e. The minimum atomic E-state index is -0.551. The molecule has 0 atom stereocenters. The van der Waals surface area contributed by atoms with E-state index >= 15 is 0 Å². The highest BCUT2D eigenvalue weighted by Crippen LogP contribution is 2.15. The Morgan fingerprint density at radius 2 is 2.08 bits per heavy atom. The van der Waals surface area contributed by atoms with Gasteiger partial charge in [0.15, 0.2) is 5.82 Å². The molecule has 0 bridgehead atoms. The molecule has 0 saturated carbocycles. The normalized spacial score (nSPS) is 10.8. The Kier molecular flexibility index (Phi) is 5.33. The van der Waals surface area contributed by atoms with Crippen molar-refractivity contribution in [3.63, 3.8) is 0 Å². The van der Waals surface area contributed by atoms with Gasteiger partial charge in [-0.2, -0.15) is 15.2 Å². The third kappa shape index (κ3) is 4.73. The molecule has 8 heteroatoms. The van der Waals surface area contributed by atoms with Crippen molar-refractivity contribution in [3.05, 3.63) is 81.7 Å². The van der Waals surface area contributed by atoms with Crippen molar-refractivity contribution in [1.82, 2.24) is 15.2 Å². The van der Waals surface area contributed by atoms with Crippen LogP contribution in [0.25, 0.3) is 0 Å². The van der Waals surface area contributed by atoms with Gasteiger partial charge in [0, 0.05) is 0 Å². The molecular formula is C18H16FN5O2. The van der Waals surface area contributed by atoms with E-state index in [4.69, 9.17) is 4.74 Å². The number of benzene rings is 2. The molecule has 0 radical (unpaired) electrons. The van der Waals surface area contributed by atoms with Crippen LogP contribution in [0.2, 0.25) is 0 Å². The largest absolute Gasteiger partial charge is 0.489 e. The van der Waals surface area contributed by atoms with Gasteiger partial charge in [-0.25, -0.2) is 14.3 Å². The highest BCUT2D eigenvalue weighted by atomic mass is 19.1. The summed E-state index contributed by atoms with van der Waals surface area (Å²) in [5.41, 5.74) is 4.33. The van der Waals surface area contributed by atoms with E-state index in [1.807, 2.05) is 24.3 Å². The zero-order chi connectivity index (χ0) is 18.4. The van der Waals surface area contributed by atoms with Gasteiger partial charge in [-0.05, 0) is 42.3 Å². The molecule has 0 aliphatic heterocycles. The summed E-state index contributed by atoms with van der Waals surface area (Å²) in [6, 6.07) is 13.5. The molecule has 7 nitrogen and oxygen atoms in total. The zero-order valence-corrected chi connectivity index (χ0v) is 13.9. The topological polar surface area (TPSA) is 92.3 Å². The highest BCUT2D eigenvalue weighted by molar-refractivity contribution is 5.80. The average molecular weight is 353 g/mol. The van der Waals surface area contributed by atoms with Crippen LogP contribution in [0.3, 0.4) is 0 Å². The summed E-state index contributed by atoms with van der Waals surface area (Å²) in [5, 5.41) is 10.1. The van der Waals surface area contributed by atoms with Crippen LogP contribution in [0, 0.1) is 12.7 Å². The Labute approximate surface area is 148 Å². The van der Waals surface area contributed by atoms with Crippen LogP contribution in [-0.4, -0.2) is 21.4 Å². The summed E-state index contributed by atoms with van der Waals surface area (Å²) in [4.78, 5) is 14.9. The Morgan fingerprint density at radius 1 is 1.27 bits per heavy atom. The maximum atomic E-state index is 12.9. The lowest BCUT2D eigenvalue weighted by Crippen LogP contribution is -2.15. The Bertz CT molecular complexity index is 970. The molecule has 1 heterocycles. The smallest absolute Gasteiger partial charge is 0.363 e. The summed E-state index contributed by atoms with van der Waals surface area (Å²) in [5.74, 6) is 0.666. The lowest BCUT2D eigenvalue weighted by molar-refractivity contribution is 0.306. The fourth-order valence-corrected chi connectivity index (χ4v) is 2.10. The number of anilines is 1. The third-order valence-corrected chi connectivity index (χ3v) is 3.44. The molecule has 3 rings (SSSR count). The Balaban J connectivity index is 1.62. The zero-order valence-electron chi connectivity index (χ0n) is 13.9. The molecule has 1 aromatic heterocycles. The first-order valence-electron chi connectivity index (χ1n) is 7.80. The third-order valence-electron chi connectivity index (χ3n) is 3.44. The van der Waals surface area contributed by atoms with E-state index < -0.39 is 5.69 Å². The molecule has 0 unspecified atom stereocenters. The molecule has 0 fully saturated rings. The van der Waals surface area contributed by atoms with Gasteiger partial charge in [0.1, 0.15) is 23.9 Å². The number of H-pyrrole nitrogens is 1. The number of ether oxygens (including phenoxy) is 1. The van der Waals surface area contributed by atoms with Gasteiger partial charge >= 0.3 is 5.69 Å². The van der Waals surface area contributed by atoms with Gasteiger partial charge < -0.3 is 4.74 Å². The monoisotopic (exact) mass is 353 g/mol. The van der Waals surface area contributed by atoms with Gasteiger partial charge in [-0.3, -0.25) is 5.43 Å². The van der Waals surface area contributed by atoms with Crippen LogP contribution in [0.4, 0.5) is 10.2 Å². The first-order chi connectivity index (χ1) is 12.6. The van der Waals surface area contributed by atoms with Crippen molar-refractivity contribution in [3.8, 4) is 5.75 Å². The molecule has 2 aromatic carbocycles. The van der Waals surface area contributed by atoms with Crippen molar-refractivity contribution in [2.45, 2.75) is 13.5 Å².